The summed E-state index contributed by atoms with van der Waals surface area (Å²) in [7, 11) is 3.99. The first kappa shape index (κ1) is 19.5. The number of rotatable bonds is 6. The van der Waals surface area contributed by atoms with E-state index in [1.54, 1.807) is 18.9 Å². The van der Waals surface area contributed by atoms with Crippen molar-refractivity contribution in [3.63, 3.8) is 0 Å². The molecule has 0 aromatic heterocycles. The topological polar surface area (TPSA) is 59.1 Å². The lowest BCUT2D eigenvalue weighted by Gasteiger charge is -2.50. The van der Waals surface area contributed by atoms with Gasteiger partial charge in [-0.15, -0.1) is 0 Å². The third-order valence-electron chi connectivity index (χ3n) is 5.74. The van der Waals surface area contributed by atoms with Gasteiger partial charge in [-0.25, -0.2) is 4.79 Å². The lowest BCUT2D eigenvalue weighted by Crippen LogP contribution is -2.62. The Morgan fingerprint density at radius 3 is 2.42 bits per heavy atom. The van der Waals surface area contributed by atoms with E-state index in [1.165, 1.54) is 19.3 Å². The first-order chi connectivity index (χ1) is 11.4. The molecular weight excluding hydrogens is 304 g/mol. The van der Waals surface area contributed by atoms with Crippen molar-refractivity contribution >= 4 is 6.03 Å². The molecule has 0 aliphatic carbocycles. The van der Waals surface area contributed by atoms with Crippen molar-refractivity contribution in [2.75, 3.05) is 53.4 Å². The van der Waals surface area contributed by atoms with Crippen LogP contribution in [-0.2, 0) is 0 Å². The Morgan fingerprint density at radius 2 is 1.83 bits per heavy atom. The minimum Gasteiger partial charge on any atom is -0.393 e. The number of carbonyl (C=O) groups is 1. The largest absolute Gasteiger partial charge is 0.393 e. The Hall–Kier alpha value is -0.850. The number of piperidine rings is 2. The molecule has 2 fully saturated rings. The van der Waals surface area contributed by atoms with Crippen molar-refractivity contribution < 1.29 is 9.90 Å². The van der Waals surface area contributed by atoms with Gasteiger partial charge in [-0.05, 0) is 72.3 Å². The number of aliphatic hydroxyl groups is 1. The first-order valence-corrected chi connectivity index (χ1v) is 9.53. The molecule has 1 unspecified atom stereocenters. The van der Waals surface area contributed by atoms with Crippen LogP contribution >= 0.6 is 0 Å². The molecule has 2 aliphatic rings. The summed E-state index contributed by atoms with van der Waals surface area (Å²) < 4.78 is 0. The molecule has 2 aliphatic heterocycles. The van der Waals surface area contributed by atoms with Gasteiger partial charge >= 0.3 is 6.03 Å². The molecule has 1 atom stereocenters. The van der Waals surface area contributed by atoms with Gasteiger partial charge in [0.15, 0.2) is 0 Å². The van der Waals surface area contributed by atoms with Crippen molar-refractivity contribution in [2.45, 2.75) is 57.1 Å². The maximum atomic E-state index is 12.4. The molecule has 2 heterocycles. The molecule has 2 N–H and O–H groups in total. The predicted molar refractivity (Wildman–Crippen MR) is 97.2 cm³/mol. The number of hydrogen-bond acceptors (Lipinski definition) is 4. The Kier molecular flexibility index (Phi) is 7.32. The van der Waals surface area contributed by atoms with E-state index < -0.39 is 0 Å². The second kappa shape index (κ2) is 9.02. The van der Waals surface area contributed by atoms with E-state index in [-0.39, 0.29) is 17.7 Å². The van der Waals surface area contributed by atoms with Crippen molar-refractivity contribution in [1.29, 1.82) is 0 Å². The van der Waals surface area contributed by atoms with Gasteiger partial charge in [0.2, 0.25) is 0 Å². The zero-order valence-corrected chi connectivity index (χ0v) is 15.8. The van der Waals surface area contributed by atoms with E-state index in [2.05, 4.69) is 22.2 Å². The Labute approximate surface area is 147 Å². The fourth-order valence-electron chi connectivity index (χ4n) is 3.86. The normalized spacial score (nSPS) is 23.7. The summed E-state index contributed by atoms with van der Waals surface area (Å²) in [5.74, 6) is 0. The van der Waals surface area contributed by atoms with E-state index in [0.29, 0.717) is 13.0 Å². The smallest absolute Gasteiger partial charge is 0.317 e. The second-order valence-electron chi connectivity index (χ2n) is 7.79. The highest BCUT2D eigenvalue weighted by molar-refractivity contribution is 5.73. The van der Waals surface area contributed by atoms with Gasteiger partial charge in [0.1, 0.15) is 0 Å². The number of urea groups is 1. The monoisotopic (exact) mass is 340 g/mol. The van der Waals surface area contributed by atoms with E-state index in [4.69, 9.17) is 0 Å². The number of nitrogens with one attached hydrogen (secondary N) is 1. The van der Waals surface area contributed by atoms with Crippen LogP contribution in [-0.4, -0.2) is 90.8 Å². The Bertz CT molecular complexity index is 388. The molecular formula is C18H36N4O2. The van der Waals surface area contributed by atoms with Crippen LogP contribution in [0, 0.1) is 0 Å². The fraction of sp³-hybridized carbons (Fsp3) is 0.944. The van der Waals surface area contributed by atoms with Crippen LogP contribution < -0.4 is 5.32 Å². The molecule has 6 heteroatoms. The molecule has 2 saturated heterocycles. The number of carbonyl (C=O) groups excluding carboxylic acids is 1. The molecule has 24 heavy (non-hydrogen) atoms. The molecule has 140 valence electrons. The molecule has 0 aromatic carbocycles. The maximum Gasteiger partial charge on any atom is 0.317 e. The van der Waals surface area contributed by atoms with E-state index in [1.807, 2.05) is 0 Å². The molecule has 0 spiro atoms. The Balaban J connectivity index is 1.91. The quantitative estimate of drug-likeness (QED) is 0.766. The summed E-state index contributed by atoms with van der Waals surface area (Å²) in [6.07, 6.45) is 6.39. The average molecular weight is 341 g/mol. The minimum absolute atomic E-state index is 0.0223. The second-order valence-corrected chi connectivity index (χ2v) is 7.79. The van der Waals surface area contributed by atoms with Gasteiger partial charge in [0.05, 0.1) is 6.10 Å². The number of amides is 2. The first-order valence-electron chi connectivity index (χ1n) is 9.53. The van der Waals surface area contributed by atoms with Crippen LogP contribution in [0.4, 0.5) is 4.79 Å². The molecule has 0 aromatic rings. The van der Waals surface area contributed by atoms with Crippen molar-refractivity contribution in [2.24, 2.45) is 0 Å². The van der Waals surface area contributed by atoms with E-state index in [9.17, 15) is 9.90 Å². The SMILES string of the molecule is CC(O)CCN(C)C(=O)NCC1(N2CCCCC2)CCN(C)CC1. The summed E-state index contributed by atoms with van der Waals surface area (Å²) in [5.41, 5.74) is 0.119. The molecule has 6 nitrogen and oxygen atoms in total. The molecule has 0 saturated carbocycles. The van der Waals surface area contributed by atoms with Gasteiger partial charge in [-0.2, -0.15) is 0 Å². The molecule has 0 bridgehead atoms. The van der Waals surface area contributed by atoms with Crippen LogP contribution in [0.15, 0.2) is 0 Å². The maximum absolute atomic E-state index is 12.4. The zero-order valence-electron chi connectivity index (χ0n) is 15.8. The van der Waals surface area contributed by atoms with E-state index >= 15 is 0 Å². The van der Waals surface area contributed by atoms with Gasteiger partial charge in [0.25, 0.3) is 0 Å². The predicted octanol–water partition coefficient (Wildman–Crippen LogP) is 1.35. The highest BCUT2D eigenvalue weighted by Gasteiger charge is 2.39. The number of aliphatic hydroxyl groups excluding tert-OH is 1. The fourth-order valence-corrected chi connectivity index (χ4v) is 3.86. The van der Waals surface area contributed by atoms with Crippen molar-refractivity contribution in [1.82, 2.24) is 20.0 Å². The number of hydrogen-bond donors (Lipinski definition) is 2. The van der Waals surface area contributed by atoms with Gasteiger partial charge in [0, 0.05) is 25.7 Å². The van der Waals surface area contributed by atoms with Gasteiger partial charge < -0.3 is 20.2 Å². The molecule has 2 rings (SSSR count). The number of nitrogens with zero attached hydrogens (tertiary/aromatic N) is 3. The van der Waals surface area contributed by atoms with E-state index in [0.717, 1.165) is 45.6 Å². The summed E-state index contributed by atoms with van der Waals surface area (Å²) in [6, 6.07) is -0.0223. The standard InChI is InChI=1S/C18H36N4O2/c1-16(23)7-12-21(3)17(24)19-15-18(8-13-20(2)14-9-18)22-10-5-4-6-11-22/h16,23H,4-15H2,1-3H3,(H,19,24). The Morgan fingerprint density at radius 1 is 1.21 bits per heavy atom. The van der Waals surface area contributed by atoms with Crippen LogP contribution in [0.25, 0.3) is 0 Å². The zero-order chi connectivity index (χ0) is 17.6. The summed E-state index contributed by atoms with van der Waals surface area (Å²) in [6.45, 7) is 7.61. The highest BCUT2D eigenvalue weighted by atomic mass is 16.3. The highest BCUT2D eigenvalue weighted by Crippen LogP contribution is 2.30. The lowest BCUT2D eigenvalue weighted by molar-refractivity contribution is 0.0155. The summed E-state index contributed by atoms with van der Waals surface area (Å²) in [5, 5.41) is 12.6. The third kappa shape index (κ3) is 5.33. The lowest BCUT2D eigenvalue weighted by atomic mass is 9.84. The van der Waals surface area contributed by atoms with Crippen molar-refractivity contribution in [3.8, 4) is 0 Å². The van der Waals surface area contributed by atoms with Crippen LogP contribution in [0.2, 0.25) is 0 Å². The third-order valence-corrected chi connectivity index (χ3v) is 5.74. The van der Waals surface area contributed by atoms with Crippen LogP contribution in [0.3, 0.4) is 0 Å². The molecule has 0 radical (unpaired) electrons. The number of likely N-dealkylation sites (tertiary alicyclic amines) is 2. The molecule has 2 amide bonds. The summed E-state index contributed by atoms with van der Waals surface area (Å²) in [4.78, 5) is 19.1. The van der Waals surface area contributed by atoms with Gasteiger partial charge in [-0.3, -0.25) is 4.90 Å². The average Bonchev–Trinajstić information content (AvgIpc) is 2.60. The minimum atomic E-state index is -0.367. The van der Waals surface area contributed by atoms with Crippen LogP contribution in [0.5, 0.6) is 0 Å². The van der Waals surface area contributed by atoms with Crippen molar-refractivity contribution in [3.05, 3.63) is 0 Å². The van der Waals surface area contributed by atoms with Crippen LogP contribution in [0.1, 0.15) is 45.4 Å². The summed E-state index contributed by atoms with van der Waals surface area (Å²) >= 11 is 0. The van der Waals surface area contributed by atoms with Gasteiger partial charge in [-0.1, -0.05) is 6.42 Å².